The summed E-state index contributed by atoms with van der Waals surface area (Å²) in [4.78, 5) is 25.5. The van der Waals surface area contributed by atoms with E-state index in [0.717, 1.165) is 5.56 Å². The van der Waals surface area contributed by atoms with Crippen LogP contribution in [0.1, 0.15) is 24.8 Å². The second kappa shape index (κ2) is 7.84. The van der Waals surface area contributed by atoms with Crippen molar-refractivity contribution in [1.29, 1.82) is 0 Å². The minimum Gasteiger partial charge on any atom is -0.469 e. The van der Waals surface area contributed by atoms with Gasteiger partial charge in [0.25, 0.3) is 0 Å². The molecule has 0 atom stereocenters. The maximum Gasteiger partial charge on any atom is 0.308 e. The molecule has 6 heteroatoms. The summed E-state index contributed by atoms with van der Waals surface area (Å²) in [7, 11) is 1.40. The monoisotopic (exact) mass is 343 g/mol. The fourth-order valence-electron chi connectivity index (χ4n) is 2.64. The molecule has 1 amide bonds. The Morgan fingerprint density at radius 1 is 1.23 bits per heavy atom. The van der Waals surface area contributed by atoms with Crippen LogP contribution < -0.4 is 0 Å². The quantitative estimate of drug-likeness (QED) is 0.787. The smallest absolute Gasteiger partial charge is 0.308 e. The lowest BCUT2D eigenvalue weighted by Crippen LogP contribution is -2.40. The lowest BCUT2D eigenvalue weighted by Gasteiger charge is -2.30. The molecule has 1 saturated heterocycles. The predicted molar refractivity (Wildman–Crippen MR) is 86.1 cm³/mol. The Labute approximate surface area is 140 Å². The van der Waals surface area contributed by atoms with Gasteiger partial charge in [-0.25, -0.2) is 0 Å². The van der Waals surface area contributed by atoms with Crippen LogP contribution in [0.25, 0.3) is 0 Å². The van der Waals surface area contributed by atoms with E-state index in [4.69, 9.17) is 27.9 Å². The SMILES string of the molecule is COC(=O)C1CCN(C(=O)CCc2ccc(Cl)c(Cl)c2)CC1. The van der Waals surface area contributed by atoms with Gasteiger partial charge in [-0.15, -0.1) is 0 Å². The maximum absolute atomic E-state index is 12.2. The topological polar surface area (TPSA) is 46.6 Å². The van der Waals surface area contributed by atoms with Crippen LogP contribution in [0.4, 0.5) is 0 Å². The van der Waals surface area contributed by atoms with Crippen molar-refractivity contribution in [2.45, 2.75) is 25.7 Å². The van der Waals surface area contributed by atoms with E-state index in [1.807, 2.05) is 11.0 Å². The molecule has 1 aromatic carbocycles. The number of hydrogen-bond acceptors (Lipinski definition) is 3. The van der Waals surface area contributed by atoms with Gasteiger partial charge in [0.05, 0.1) is 23.1 Å². The molecule has 2 rings (SSSR count). The van der Waals surface area contributed by atoms with Crippen molar-refractivity contribution in [2.75, 3.05) is 20.2 Å². The summed E-state index contributed by atoms with van der Waals surface area (Å²) in [5.74, 6) is -0.151. The Bertz CT molecular complexity index is 554. The van der Waals surface area contributed by atoms with Crippen molar-refractivity contribution >= 4 is 35.1 Å². The number of aryl methyl sites for hydroxylation is 1. The molecule has 0 radical (unpaired) electrons. The number of methoxy groups -OCH3 is 1. The standard InChI is InChI=1S/C16H19Cl2NO3/c1-22-16(21)12-6-8-19(9-7-12)15(20)5-3-11-2-4-13(17)14(18)10-11/h2,4,10,12H,3,5-9H2,1H3. The number of carbonyl (C=O) groups is 2. The number of benzene rings is 1. The third-order valence-corrected chi connectivity index (χ3v) is 4.73. The Kier molecular flexibility index (Phi) is 6.09. The minimum atomic E-state index is -0.178. The summed E-state index contributed by atoms with van der Waals surface area (Å²) in [6.45, 7) is 1.22. The number of ether oxygens (including phenoxy) is 1. The van der Waals surface area contributed by atoms with Crippen molar-refractivity contribution in [3.8, 4) is 0 Å². The van der Waals surface area contributed by atoms with Crippen LogP contribution in [0.5, 0.6) is 0 Å². The largest absolute Gasteiger partial charge is 0.469 e. The molecule has 1 aliphatic heterocycles. The number of carbonyl (C=O) groups excluding carboxylic acids is 2. The highest BCUT2D eigenvalue weighted by molar-refractivity contribution is 6.42. The van der Waals surface area contributed by atoms with Gasteiger partial charge < -0.3 is 9.64 Å². The predicted octanol–water partition coefficient (Wildman–Crippen LogP) is 3.34. The molecule has 1 aromatic rings. The van der Waals surface area contributed by atoms with Gasteiger partial charge in [-0.2, -0.15) is 0 Å². The summed E-state index contributed by atoms with van der Waals surface area (Å²) in [5, 5.41) is 1.02. The molecule has 1 aliphatic rings. The maximum atomic E-state index is 12.2. The normalized spacial score (nSPS) is 15.7. The number of likely N-dealkylation sites (tertiary alicyclic amines) is 1. The van der Waals surface area contributed by atoms with Gasteiger partial charge in [-0.05, 0) is 37.0 Å². The molecule has 0 aromatic heterocycles. The highest BCUT2D eigenvalue weighted by Gasteiger charge is 2.27. The fraction of sp³-hybridized carbons (Fsp3) is 0.500. The van der Waals surface area contributed by atoms with E-state index in [1.54, 1.807) is 12.1 Å². The molecule has 22 heavy (non-hydrogen) atoms. The van der Waals surface area contributed by atoms with Crippen molar-refractivity contribution in [1.82, 2.24) is 4.90 Å². The van der Waals surface area contributed by atoms with Crippen LogP contribution >= 0.6 is 23.2 Å². The van der Waals surface area contributed by atoms with Gasteiger partial charge in [0.2, 0.25) is 5.91 Å². The highest BCUT2D eigenvalue weighted by atomic mass is 35.5. The average Bonchev–Trinajstić information content (AvgIpc) is 2.55. The average molecular weight is 344 g/mol. The second-order valence-corrected chi connectivity index (χ2v) is 6.24. The molecule has 1 heterocycles. The van der Waals surface area contributed by atoms with E-state index in [9.17, 15) is 9.59 Å². The molecule has 120 valence electrons. The van der Waals surface area contributed by atoms with Crippen LogP contribution in [0.3, 0.4) is 0 Å². The van der Waals surface area contributed by atoms with Gasteiger partial charge in [0.15, 0.2) is 0 Å². The van der Waals surface area contributed by atoms with Crippen molar-refractivity contribution in [3.05, 3.63) is 33.8 Å². The van der Waals surface area contributed by atoms with Crippen LogP contribution in [-0.2, 0) is 20.7 Å². The molecule has 0 bridgehead atoms. The van der Waals surface area contributed by atoms with Crippen LogP contribution in [0.15, 0.2) is 18.2 Å². The molecule has 0 unspecified atom stereocenters. The lowest BCUT2D eigenvalue weighted by atomic mass is 9.96. The third-order valence-electron chi connectivity index (χ3n) is 3.99. The van der Waals surface area contributed by atoms with Crippen molar-refractivity contribution < 1.29 is 14.3 Å². The Hall–Kier alpha value is -1.26. The van der Waals surface area contributed by atoms with Gasteiger partial charge in [-0.3, -0.25) is 9.59 Å². The number of halogens is 2. The summed E-state index contributed by atoms with van der Waals surface area (Å²) in [6, 6.07) is 5.41. The zero-order chi connectivity index (χ0) is 16.1. The molecule has 1 fully saturated rings. The van der Waals surface area contributed by atoms with Gasteiger partial charge in [0.1, 0.15) is 0 Å². The van der Waals surface area contributed by atoms with E-state index < -0.39 is 0 Å². The molecule has 0 aliphatic carbocycles. The number of rotatable bonds is 4. The molecular weight excluding hydrogens is 325 g/mol. The fourth-order valence-corrected chi connectivity index (χ4v) is 2.96. The van der Waals surface area contributed by atoms with Gasteiger partial charge >= 0.3 is 5.97 Å². The first-order valence-corrected chi connectivity index (χ1v) is 8.06. The highest BCUT2D eigenvalue weighted by Crippen LogP contribution is 2.24. The third kappa shape index (κ3) is 4.37. The summed E-state index contributed by atoms with van der Waals surface area (Å²) in [6.07, 6.45) is 2.41. The number of hydrogen-bond donors (Lipinski definition) is 0. The van der Waals surface area contributed by atoms with Crippen molar-refractivity contribution in [2.24, 2.45) is 5.92 Å². The van der Waals surface area contributed by atoms with Crippen LogP contribution in [-0.4, -0.2) is 37.0 Å². The first-order chi connectivity index (χ1) is 10.5. The second-order valence-electron chi connectivity index (χ2n) is 5.43. The van der Waals surface area contributed by atoms with Crippen LogP contribution in [0.2, 0.25) is 10.0 Å². The molecule has 0 spiro atoms. The summed E-state index contributed by atoms with van der Waals surface area (Å²) < 4.78 is 4.75. The van der Waals surface area contributed by atoms with E-state index >= 15 is 0 Å². The lowest BCUT2D eigenvalue weighted by molar-refractivity contribution is -0.148. The summed E-state index contributed by atoms with van der Waals surface area (Å²) in [5.41, 5.74) is 0.993. The van der Waals surface area contributed by atoms with Gasteiger partial charge in [0, 0.05) is 19.5 Å². The number of nitrogens with zero attached hydrogens (tertiary/aromatic N) is 1. The van der Waals surface area contributed by atoms with Crippen molar-refractivity contribution in [3.63, 3.8) is 0 Å². The molecule has 4 nitrogen and oxygen atoms in total. The Morgan fingerprint density at radius 2 is 1.91 bits per heavy atom. The van der Waals surface area contributed by atoms with E-state index in [0.29, 0.717) is 48.8 Å². The molecular formula is C16H19Cl2NO3. The zero-order valence-electron chi connectivity index (χ0n) is 12.5. The van der Waals surface area contributed by atoms with Crippen LogP contribution in [0, 0.1) is 5.92 Å². The van der Waals surface area contributed by atoms with Gasteiger partial charge in [-0.1, -0.05) is 29.3 Å². The first-order valence-electron chi connectivity index (χ1n) is 7.30. The first kappa shape index (κ1) is 17.1. The molecule has 0 saturated carbocycles. The van der Waals surface area contributed by atoms with E-state index in [1.165, 1.54) is 7.11 Å². The summed E-state index contributed by atoms with van der Waals surface area (Å²) >= 11 is 11.8. The van der Waals surface area contributed by atoms with E-state index in [2.05, 4.69) is 0 Å². The Morgan fingerprint density at radius 3 is 2.50 bits per heavy atom. The molecule has 0 N–H and O–H groups in total. The Balaban J connectivity index is 1.81. The zero-order valence-corrected chi connectivity index (χ0v) is 14.0. The number of piperidine rings is 1. The van der Waals surface area contributed by atoms with E-state index in [-0.39, 0.29) is 17.8 Å². The number of amides is 1. The minimum absolute atomic E-state index is 0.0795. The number of esters is 1.